The van der Waals surface area contributed by atoms with Gasteiger partial charge in [-0.2, -0.15) is 5.26 Å². The molecule has 1 aromatic rings. The van der Waals surface area contributed by atoms with Crippen LogP contribution in [0.15, 0.2) is 12.1 Å². The van der Waals surface area contributed by atoms with Gasteiger partial charge in [-0.05, 0) is 110 Å². The fraction of sp³-hybridized carbons (Fsp3) is 0.778. The lowest BCUT2D eigenvalue weighted by Gasteiger charge is -2.38. The summed E-state index contributed by atoms with van der Waals surface area (Å²) in [5.74, 6) is 7.62. The fourth-order valence-corrected chi connectivity index (χ4v) is 6.17. The number of nitrogens with two attached hydrogens (primary N) is 1. The average molecular weight is 598 g/mol. The summed E-state index contributed by atoms with van der Waals surface area (Å²) in [7, 11) is 1.71. The number of nitrogens with zero attached hydrogens (tertiary/aromatic N) is 2. The molecule has 0 spiro atoms. The molecule has 0 saturated heterocycles. The van der Waals surface area contributed by atoms with E-state index in [4.69, 9.17) is 24.7 Å². The molecule has 2 N–H and O–H groups in total. The number of nitriles is 1. The first-order valence-corrected chi connectivity index (χ1v) is 16.0. The van der Waals surface area contributed by atoms with Gasteiger partial charge in [-0.15, -0.1) is 0 Å². The monoisotopic (exact) mass is 597 g/mol. The van der Waals surface area contributed by atoms with Gasteiger partial charge in [-0.3, -0.25) is 0 Å². The fourth-order valence-electron chi connectivity index (χ4n) is 6.17. The minimum Gasteiger partial charge on any atom is -0.487 e. The van der Waals surface area contributed by atoms with Crippen molar-refractivity contribution in [2.75, 3.05) is 13.7 Å². The van der Waals surface area contributed by atoms with Crippen molar-refractivity contribution in [3.63, 3.8) is 0 Å². The second-order valence-corrected chi connectivity index (χ2v) is 15.6. The molecule has 0 aliphatic heterocycles. The molecule has 0 bridgehead atoms. The largest absolute Gasteiger partial charge is 0.487 e. The van der Waals surface area contributed by atoms with E-state index in [1.807, 2.05) is 19.9 Å². The Kier molecular flexibility index (Phi) is 12.7. The molecule has 242 valence electrons. The van der Waals surface area contributed by atoms with Gasteiger partial charge in [0, 0.05) is 25.4 Å². The quantitative estimate of drug-likeness (QED) is 0.153. The van der Waals surface area contributed by atoms with Gasteiger partial charge in [-0.1, -0.05) is 33.6 Å². The number of pyridine rings is 1. The second-order valence-electron chi connectivity index (χ2n) is 15.6. The molecule has 0 radical (unpaired) electrons. The Bertz CT molecular complexity index is 1150. The van der Waals surface area contributed by atoms with Crippen molar-refractivity contribution in [1.29, 1.82) is 5.26 Å². The molecule has 2 rings (SSSR count). The summed E-state index contributed by atoms with van der Waals surface area (Å²) in [4.78, 5) is 4.47. The molecule has 1 aliphatic rings. The van der Waals surface area contributed by atoms with Gasteiger partial charge in [-0.25, -0.2) is 4.98 Å². The zero-order chi connectivity index (χ0) is 32.7. The third kappa shape index (κ3) is 13.2. The first-order valence-electron chi connectivity index (χ1n) is 16.0. The molecule has 2 unspecified atom stereocenters. The van der Waals surface area contributed by atoms with Crippen molar-refractivity contribution in [3.8, 4) is 23.7 Å². The van der Waals surface area contributed by atoms with Crippen LogP contribution in [0.1, 0.15) is 132 Å². The Morgan fingerprint density at radius 1 is 1.05 bits per heavy atom. The van der Waals surface area contributed by atoms with Crippen LogP contribution < -0.4 is 10.5 Å². The maximum absolute atomic E-state index is 9.64. The predicted octanol–water partition coefficient (Wildman–Crippen LogP) is 7.79. The highest BCUT2D eigenvalue weighted by atomic mass is 16.5. The maximum atomic E-state index is 9.64. The summed E-state index contributed by atoms with van der Waals surface area (Å²) >= 11 is 0. The van der Waals surface area contributed by atoms with E-state index in [2.05, 4.69) is 85.2 Å². The maximum Gasteiger partial charge on any atom is 0.183 e. The van der Waals surface area contributed by atoms with Crippen LogP contribution in [0.4, 0.5) is 0 Å². The Balaban J connectivity index is 1.95. The molecular weight excluding hydrogens is 538 g/mol. The number of hydrogen-bond donors (Lipinski definition) is 1. The van der Waals surface area contributed by atoms with Gasteiger partial charge >= 0.3 is 0 Å². The highest BCUT2D eigenvalue weighted by Crippen LogP contribution is 2.37. The van der Waals surface area contributed by atoms with Crippen LogP contribution >= 0.6 is 0 Å². The molecular formula is C36H59N3O4. The van der Waals surface area contributed by atoms with Crippen molar-refractivity contribution >= 4 is 0 Å². The van der Waals surface area contributed by atoms with E-state index in [-0.39, 0.29) is 39.9 Å². The van der Waals surface area contributed by atoms with Crippen LogP contribution in [0.5, 0.6) is 5.75 Å². The van der Waals surface area contributed by atoms with E-state index in [9.17, 15) is 5.26 Å². The molecule has 0 aromatic carbocycles. The van der Waals surface area contributed by atoms with E-state index < -0.39 is 5.72 Å². The van der Waals surface area contributed by atoms with Crippen LogP contribution in [0.25, 0.3) is 0 Å². The van der Waals surface area contributed by atoms with Crippen LogP contribution in [0, 0.1) is 39.9 Å². The SMILES string of the molecule is CCC(C)(CCC(C)CC(C)(C)OC(C)(C)N)OCC(C)(C)CC(C)(C)C#Cc1ccc(OC2CC(OC)C2)c(C#N)n1. The normalized spacial score (nSPS) is 19.8. The topological polar surface area (TPSA) is 99.6 Å². The number of hydrogen-bond acceptors (Lipinski definition) is 7. The molecule has 0 amide bonds. The number of methoxy groups -OCH3 is 1. The van der Waals surface area contributed by atoms with Crippen LogP contribution in [0.2, 0.25) is 0 Å². The lowest BCUT2D eigenvalue weighted by atomic mass is 9.75. The standard InChI is InChI=1S/C36H59N3O4/c1-13-36(11,19-16-26(2)22-34(7,8)43-35(9,10)38)41-25-33(5,6)24-32(3,4)18-17-27-14-15-31(30(23-37)39-27)42-29-20-28(21-29)40-12/h14-15,26,28-29H,13,16,19-22,24-25,38H2,1-12H3. The number of rotatable bonds is 16. The third-order valence-corrected chi connectivity index (χ3v) is 8.20. The van der Waals surface area contributed by atoms with E-state index in [1.54, 1.807) is 13.2 Å². The minimum atomic E-state index is -0.645. The van der Waals surface area contributed by atoms with Crippen molar-refractivity contribution in [2.45, 2.75) is 150 Å². The highest BCUT2D eigenvalue weighted by Gasteiger charge is 2.34. The van der Waals surface area contributed by atoms with Gasteiger partial charge in [0.25, 0.3) is 0 Å². The smallest absolute Gasteiger partial charge is 0.183 e. The number of ether oxygens (including phenoxy) is 4. The molecule has 1 saturated carbocycles. The first-order chi connectivity index (χ1) is 19.7. The molecule has 1 aromatic heterocycles. The molecule has 7 nitrogen and oxygen atoms in total. The van der Waals surface area contributed by atoms with Gasteiger partial charge in [0.05, 0.1) is 23.9 Å². The molecule has 1 aliphatic carbocycles. The lowest BCUT2D eigenvalue weighted by Crippen LogP contribution is -2.44. The predicted molar refractivity (Wildman–Crippen MR) is 174 cm³/mol. The third-order valence-electron chi connectivity index (χ3n) is 8.20. The van der Waals surface area contributed by atoms with E-state index in [0.717, 1.165) is 44.9 Å². The molecule has 7 heteroatoms. The zero-order valence-electron chi connectivity index (χ0n) is 29.1. The van der Waals surface area contributed by atoms with Crippen molar-refractivity contribution < 1.29 is 18.9 Å². The Morgan fingerprint density at radius 2 is 1.70 bits per heavy atom. The zero-order valence-corrected chi connectivity index (χ0v) is 29.1. The molecule has 2 atom stereocenters. The van der Waals surface area contributed by atoms with Gasteiger partial charge < -0.3 is 24.7 Å². The van der Waals surface area contributed by atoms with Crippen molar-refractivity contribution in [3.05, 3.63) is 23.5 Å². The van der Waals surface area contributed by atoms with Gasteiger partial charge in [0.15, 0.2) is 11.4 Å². The molecule has 1 heterocycles. The van der Waals surface area contributed by atoms with Crippen LogP contribution in [-0.2, 0) is 14.2 Å². The summed E-state index contributed by atoms with van der Waals surface area (Å²) < 4.78 is 24.0. The first kappa shape index (κ1) is 37.0. The summed E-state index contributed by atoms with van der Waals surface area (Å²) in [5.41, 5.74) is 5.50. The minimum absolute atomic E-state index is 0.0628. The Hall–Kier alpha value is -2.16. The second kappa shape index (κ2) is 14.7. The van der Waals surface area contributed by atoms with Crippen molar-refractivity contribution in [2.24, 2.45) is 22.5 Å². The Labute approximate surface area is 262 Å². The van der Waals surface area contributed by atoms with Gasteiger partial charge in [0.1, 0.15) is 23.6 Å². The number of aromatic nitrogens is 1. The van der Waals surface area contributed by atoms with Gasteiger partial charge in [0.2, 0.25) is 0 Å². The molecule has 1 fully saturated rings. The lowest BCUT2D eigenvalue weighted by molar-refractivity contribution is -0.129. The van der Waals surface area contributed by atoms with Crippen LogP contribution in [0.3, 0.4) is 0 Å². The highest BCUT2D eigenvalue weighted by molar-refractivity contribution is 5.42. The van der Waals surface area contributed by atoms with E-state index in [1.165, 1.54) is 0 Å². The summed E-state index contributed by atoms with van der Waals surface area (Å²) in [5, 5.41) is 9.64. The van der Waals surface area contributed by atoms with Crippen molar-refractivity contribution in [1.82, 2.24) is 4.98 Å². The summed E-state index contributed by atoms with van der Waals surface area (Å²) in [6, 6.07) is 5.80. The summed E-state index contributed by atoms with van der Waals surface area (Å²) in [6.07, 6.45) is 6.77. The van der Waals surface area contributed by atoms with Crippen LogP contribution in [-0.4, -0.2) is 47.8 Å². The average Bonchev–Trinajstić information content (AvgIpc) is 2.85. The van der Waals surface area contributed by atoms with E-state index >= 15 is 0 Å². The molecule has 43 heavy (non-hydrogen) atoms. The summed E-state index contributed by atoms with van der Waals surface area (Å²) in [6.45, 7) is 24.2. The Morgan fingerprint density at radius 3 is 2.26 bits per heavy atom. The van der Waals surface area contributed by atoms with E-state index in [0.29, 0.717) is 24.0 Å².